The Hall–Kier alpha value is -3.52. The van der Waals surface area contributed by atoms with E-state index < -0.39 is 17.7 Å². The third-order valence-electron chi connectivity index (χ3n) is 4.32. The molecule has 1 heterocycles. The van der Waals surface area contributed by atoms with E-state index >= 15 is 0 Å². The summed E-state index contributed by atoms with van der Waals surface area (Å²) >= 11 is 5.98. The van der Waals surface area contributed by atoms with Crippen molar-refractivity contribution in [2.24, 2.45) is 0 Å². The van der Waals surface area contributed by atoms with Gasteiger partial charge in [-0.25, -0.2) is 14.3 Å². The van der Waals surface area contributed by atoms with E-state index in [1.165, 1.54) is 12.1 Å². The molecule has 148 valence electrons. The molecule has 3 rings (SSSR count). The molecule has 0 aliphatic heterocycles. The molecule has 0 fully saturated rings. The zero-order valence-electron chi connectivity index (χ0n) is 15.3. The molecule has 0 aliphatic carbocycles. The number of carbonyl (C=O) groups excluding carboxylic acids is 1. The summed E-state index contributed by atoms with van der Waals surface area (Å²) in [6.45, 7) is 2.08. The number of hydrogen-bond acceptors (Lipinski definition) is 5. The van der Waals surface area contributed by atoms with E-state index in [2.05, 4.69) is 10.3 Å². The first-order valence-electron chi connectivity index (χ1n) is 8.53. The van der Waals surface area contributed by atoms with E-state index in [9.17, 15) is 14.4 Å². The van der Waals surface area contributed by atoms with Crippen LogP contribution in [0.3, 0.4) is 0 Å². The van der Waals surface area contributed by atoms with Crippen LogP contribution < -0.4 is 0 Å². The SMILES string of the molecule is Cc1c(C(=O)Cc2cc(C(=O)O)cc(C(=O)O)c2)nnn1Cc1cccc(Cl)c1. The van der Waals surface area contributed by atoms with Gasteiger partial charge in [0.25, 0.3) is 0 Å². The van der Waals surface area contributed by atoms with Crippen LogP contribution in [0.1, 0.15) is 48.0 Å². The molecule has 0 amide bonds. The first-order chi connectivity index (χ1) is 13.7. The highest BCUT2D eigenvalue weighted by Crippen LogP contribution is 2.16. The maximum atomic E-state index is 12.7. The highest BCUT2D eigenvalue weighted by molar-refractivity contribution is 6.30. The minimum Gasteiger partial charge on any atom is -0.478 e. The highest BCUT2D eigenvalue weighted by Gasteiger charge is 2.19. The number of Topliss-reactive ketones (excluding diaryl/α,β-unsaturated/α-hetero) is 1. The minimum atomic E-state index is -1.27. The summed E-state index contributed by atoms with van der Waals surface area (Å²) in [5, 5.41) is 26.9. The fourth-order valence-electron chi connectivity index (χ4n) is 2.89. The summed E-state index contributed by atoms with van der Waals surface area (Å²) in [4.78, 5) is 35.1. The van der Waals surface area contributed by atoms with Gasteiger partial charge in [-0.3, -0.25) is 4.79 Å². The summed E-state index contributed by atoms with van der Waals surface area (Å²) in [5.41, 5.74) is 1.45. The summed E-state index contributed by atoms with van der Waals surface area (Å²) in [6.07, 6.45) is -0.196. The van der Waals surface area contributed by atoms with Crippen molar-refractivity contribution in [1.29, 1.82) is 0 Å². The fraction of sp³-hybridized carbons (Fsp3) is 0.150. The van der Waals surface area contributed by atoms with E-state index in [1.54, 1.807) is 23.7 Å². The molecule has 2 N–H and O–H groups in total. The van der Waals surface area contributed by atoms with Crippen LogP contribution in [0.15, 0.2) is 42.5 Å². The predicted octanol–water partition coefficient (Wildman–Crippen LogP) is 3.11. The number of carbonyl (C=O) groups is 3. The normalized spacial score (nSPS) is 10.7. The van der Waals surface area contributed by atoms with Crippen molar-refractivity contribution < 1.29 is 24.6 Å². The van der Waals surface area contributed by atoms with Crippen molar-refractivity contribution in [3.05, 3.63) is 81.1 Å². The molecule has 0 aliphatic rings. The number of hydrogen-bond donors (Lipinski definition) is 2. The molecular weight excluding hydrogens is 398 g/mol. The molecule has 0 atom stereocenters. The van der Waals surface area contributed by atoms with Gasteiger partial charge in [-0.05, 0) is 48.4 Å². The van der Waals surface area contributed by atoms with Crippen molar-refractivity contribution >= 4 is 29.3 Å². The van der Waals surface area contributed by atoms with Crippen LogP contribution in [0.5, 0.6) is 0 Å². The molecular formula is C20H16ClN3O5. The Balaban J connectivity index is 1.84. The third-order valence-corrected chi connectivity index (χ3v) is 4.55. The first-order valence-corrected chi connectivity index (χ1v) is 8.90. The number of aromatic carboxylic acids is 2. The van der Waals surface area contributed by atoms with Gasteiger partial charge in [0, 0.05) is 11.4 Å². The maximum Gasteiger partial charge on any atom is 0.335 e. The molecule has 0 saturated carbocycles. The standard InChI is InChI=1S/C20H16ClN3O5/c1-11-18(22-23-24(11)10-12-3-2-4-16(21)7-12)17(25)8-13-5-14(19(26)27)9-15(6-13)20(28)29/h2-7,9H,8,10H2,1H3,(H,26,27)(H,28,29). The molecule has 0 spiro atoms. The molecule has 29 heavy (non-hydrogen) atoms. The lowest BCUT2D eigenvalue weighted by molar-refractivity contribution is 0.0696. The smallest absolute Gasteiger partial charge is 0.335 e. The Morgan fingerprint density at radius 3 is 2.24 bits per heavy atom. The number of carboxylic acids is 2. The van der Waals surface area contributed by atoms with E-state index in [1.807, 2.05) is 12.1 Å². The fourth-order valence-corrected chi connectivity index (χ4v) is 3.10. The zero-order valence-corrected chi connectivity index (χ0v) is 16.1. The van der Waals surface area contributed by atoms with Gasteiger partial charge < -0.3 is 10.2 Å². The number of nitrogens with zero attached hydrogens (tertiary/aromatic N) is 3. The lowest BCUT2D eigenvalue weighted by Gasteiger charge is -2.06. The van der Waals surface area contributed by atoms with E-state index in [0.29, 0.717) is 17.3 Å². The minimum absolute atomic E-state index is 0.143. The Bertz CT molecular complexity index is 1090. The number of aromatic nitrogens is 3. The van der Waals surface area contributed by atoms with Gasteiger partial charge >= 0.3 is 11.9 Å². The topological polar surface area (TPSA) is 122 Å². The Morgan fingerprint density at radius 2 is 1.66 bits per heavy atom. The summed E-state index contributed by atoms with van der Waals surface area (Å²) < 4.78 is 1.56. The van der Waals surface area contributed by atoms with Crippen LogP contribution >= 0.6 is 11.6 Å². The second-order valence-electron chi connectivity index (χ2n) is 6.44. The summed E-state index contributed by atoms with van der Waals surface area (Å²) in [6, 6.07) is 10.8. The van der Waals surface area contributed by atoms with Crippen LogP contribution in [0, 0.1) is 6.92 Å². The van der Waals surface area contributed by atoms with Crippen molar-refractivity contribution in [2.75, 3.05) is 0 Å². The number of ketones is 1. The van der Waals surface area contributed by atoms with E-state index in [0.717, 1.165) is 11.6 Å². The van der Waals surface area contributed by atoms with E-state index in [4.69, 9.17) is 21.8 Å². The van der Waals surface area contributed by atoms with Crippen LogP contribution in [0.4, 0.5) is 0 Å². The van der Waals surface area contributed by atoms with Crippen molar-refractivity contribution in [2.45, 2.75) is 19.9 Å². The number of rotatable bonds is 7. The maximum absolute atomic E-state index is 12.7. The second kappa shape index (κ2) is 8.24. The average molecular weight is 414 g/mol. The summed E-state index contributed by atoms with van der Waals surface area (Å²) in [7, 11) is 0. The predicted molar refractivity (Wildman–Crippen MR) is 104 cm³/mol. The molecule has 0 saturated heterocycles. The first kappa shape index (κ1) is 20.2. The van der Waals surface area contributed by atoms with Crippen LogP contribution in [0.25, 0.3) is 0 Å². The largest absolute Gasteiger partial charge is 0.478 e. The zero-order chi connectivity index (χ0) is 21.1. The summed E-state index contributed by atoms with van der Waals surface area (Å²) in [5.74, 6) is -2.94. The Kier molecular flexibility index (Phi) is 5.74. The van der Waals surface area contributed by atoms with Crippen LogP contribution in [-0.2, 0) is 13.0 Å². The van der Waals surface area contributed by atoms with Gasteiger partial charge in [0.1, 0.15) is 0 Å². The van der Waals surface area contributed by atoms with E-state index in [-0.39, 0.29) is 28.8 Å². The molecule has 3 aromatic rings. The lowest BCUT2D eigenvalue weighted by atomic mass is 10.0. The highest BCUT2D eigenvalue weighted by atomic mass is 35.5. The van der Waals surface area contributed by atoms with Crippen LogP contribution in [-0.4, -0.2) is 42.9 Å². The van der Waals surface area contributed by atoms with Gasteiger partial charge in [0.2, 0.25) is 0 Å². The Morgan fingerprint density at radius 1 is 1.00 bits per heavy atom. The molecule has 1 aromatic heterocycles. The second-order valence-corrected chi connectivity index (χ2v) is 6.88. The van der Waals surface area contributed by atoms with Gasteiger partial charge in [-0.1, -0.05) is 28.9 Å². The van der Waals surface area contributed by atoms with Gasteiger partial charge in [-0.15, -0.1) is 5.10 Å². The third kappa shape index (κ3) is 4.67. The van der Waals surface area contributed by atoms with Crippen LogP contribution in [0.2, 0.25) is 5.02 Å². The Labute approximate surface area is 170 Å². The van der Waals surface area contributed by atoms with Crippen molar-refractivity contribution in [1.82, 2.24) is 15.0 Å². The number of carboxylic acid groups (broad SMARTS) is 2. The molecule has 2 aromatic carbocycles. The number of halogens is 1. The van der Waals surface area contributed by atoms with Gasteiger partial charge in [0.05, 0.1) is 23.4 Å². The lowest BCUT2D eigenvalue weighted by Crippen LogP contribution is -2.10. The van der Waals surface area contributed by atoms with Crippen molar-refractivity contribution in [3.8, 4) is 0 Å². The van der Waals surface area contributed by atoms with Gasteiger partial charge in [-0.2, -0.15) is 0 Å². The monoisotopic (exact) mass is 413 g/mol. The molecule has 0 radical (unpaired) electrons. The van der Waals surface area contributed by atoms with Crippen molar-refractivity contribution in [3.63, 3.8) is 0 Å². The molecule has 0 bridgehead atoms. The molecule has 8 nitrogen and oxygen atoms in total. The van der Waals surface area contributed by atoms with Gasteiger partial charge in [0.15, 0.2) is 11.5 Å². The number of benzene rings is 2. The average Bonchev–Trinajstić information content (AvgIpc) is 3.02. The quantitative estimate of drug-likeness (QED) is 0.570. The molecule has 9 heteroatoms. The molecule has 0 unspecified atom stereocenters.